The van der Waals surface area contributed by atoms with Gasteiger partial charge in [-0.2, -0.15) is 0 Å². The number of aliphatic hydroxyl groups is 2. The molecular formula is C16H15Cl2NO3. The van der Waals surface area contributed by atoms with Crippen molar-refractivity contribution in [3.05, 3.63) is 63.6 Å². The number of carbonyl (C=O) groups is 1. The lowest BCUT2D eigenvalue weighted by Crippen LogP contribution is -2.15. The lowest BCUT2D eigenvalue weighted by Gasteiger charge is -2.12. The third-order valence-electron chi connectivity index (χ3n) is 3.04. The van der Waals surface area contributed by atoms with Crippen LogP contribution in [0, 0.1) is 0 Å². The van der Waals surface area contributed by atoms with Gasteiger partial charge in [0, 0.05) is 15.7 Å². The van der Waals surface area contributed by atoms with Crippen LogP contribution in [0.25, 0.3) is 0 Å². The highest BCUT2D eigenvalue weighted by molar-refractivity contribution is 6.34. The number of anilines is 1. The summed E-state index contributed by atoms with van der Waals surface area (Å²) in [5.74, 6) is -0.348. The summed E-state index contributed by atoms with van der Waals surface area (Å²) in [5, 5.41) is 22.6. The highest BCUT2D eigenvalue weighted by atomic mass is 35.5. The molecule has 6 heteroatoms. The fourth-order valence-electron chi connectivity index (χ4n) is 2.02. The number of carbonyl (C=O) groups excluding carboxylic acids is 1. The first kappa shape index (κ1) is 16.8. The van der Waals surface area contributed by atoms with E-state index in [9.17, 15) is 9.90 Å². The Morgan fingerprint density at radius 2 is 1.82 bits per heavy atom. The molecule has 0 saturated heterocycles. The summed E-state index contributed by atoms with van der Waals surface area (Å²) in [6, 6.07) is 11.5. The second-order valence-electron chi connectivity index (χ2n) is 4.83. The molecule has 0 bridgehead atoms. The molecule has 4 nitrogen and oxygen atoms in total. The van der Waals surface area contributed by atoms with Crippen molar-refractivity contribution in [1.82, 2.24) is 0 Å². The molecular weight excluding hydrogens is 325 g/mol. The molecule has 0 heterocycles. The van der Waals surface area contributed by atoms with E-state index in [1.54, 1.807) is 42.5 Å². The molecule has 0 fully saturated rings. The number of rotatable bonds is 5. The first-order valence-electron chi connectivity index (χ1n) is 6.61. The van der Waals surface area contributed by atoms with E-state index in [0.717, 1.165) is 0 Å². The molecule has 2 aromatic carbocycles. The van der Waals surface area contributed by atoms with Crippen molar-refractivity contribution in [2.24, 2.45) is 0 Å². The van der Waals surface area contributed by atoms with Crippen LogP contribution in [0.4, 0.5) is 5.69 Å². The van der Waals surface area contributed by atoms with Crippen LogP contribution in [0.15, 0.2) is 42.5 Å². The van der Waals surface area contributed by atoms with Gasteiger partial charge < -0.3 is 15.5 Å². The summed E-state index contributed by atoms with van der Waals surface area (Å²) < 4.78 is 0. The molecule has 0 saturated carbocycles. The molecule has 22 heavy (non-hydrogen) atoms. The van der Waals surface area contributed by atoms with Crippen molar-refractivity contribution < 1.29 is 15.0 Å². The molecule has 0 aliphatic heterocycles. The fraction of sp³-hybridized carbons (Fsp3) is 0.188. The molecule has 0 radical (unpaired) electrons. The zero-order chi connectivity index (χ0) is 16.1. The van der Waals surface area contributed by atoms with Gasteiger partial charge in [0.1, 0.15) is 0 Å². The number of nitrogens with one attached hydrogen (secondary N) is 1. The van der Waals surface area contributed by atoms with Crippen molar-refractivity contribution in [1.29, 1.82) is 0 Å². The lowest BCUT2D eigenvalue weighted by molar-refractivity contribution is -0.118. The molecule has 116 valence electrons. The summed E-state index contributed by atoms with van der Waals surface area (Å²) >= 11 is 11.7. The van der Waals surface area contributed by atoms with E-state index in [2.05, 4.69) is 5.32 Å². The summed E-state index contributed by atoms with van der Waals surface area (Å²) in [6.07, 6.45) is -1.13. The van der Waals surface area contributed by atoms with E-state index in [1.165, 1.54) is 0 Å². The smallest absolute Gasteiger partial charge is 0.227 e. The Morgan fingerprint density at radius 3 is 2.45 bits per heavy atom. The predicted molar refractivity (Wildman–Crippen MR) is 87.0 cm³/mol. The number of hydrogen-bond donors (Lipinski definition) is 3. The average molecular weight is 340 g/mol. The number of hydrogen-bond acceptors (Lipinski definition) is 3. The number of aliphatic hydroxyl groups excluding tert-OH is 2. The van der Waals surface area contributed by atoms with Crippen molar-refractivity contribution in [2.45, 2.75) is 19.1 Å². The van der Waals surface area contributed by atoms with E-state index in [1.807, 2.05) is 0 Å². The van der Waals surface area contributed by atoms with Gasteiger partial charge in [-0.15, -0.1) is 0 Å². The minimum atomic E-state index is -1.00. The minimum absolute atomic E-state index is 0.104. The van der Waals surface area contributed by atoms with Gasteiger partial charge in [-0.1, -0.05) is 35.3 Å². The third-order valence-corrected chi connectivity index (χ3v) is 3.48. The van der Waals surface area contributed by atoms with Crippen LogP contribution in [0.5, 0.6) is 0 Å². The van der Waals surface area contributed by atoms with Crippen LogP contribution >= 0.6 is 23.2 Å². The molecule has 1 atom stereocenters. The average Bonchev–Trinajstić information content (AvgIpc) is 2.46. The lowest BCUT2D eigenvalue weighted by atomic mass is 10.1. The first-order chi connectivity index (χ1) is 10.5. The van der Waals surface area contributed by atoms with E-state index in [4.69, 9.17) is 28.3 Å². The highest BCUT2D eigenvalue weighted by Gasteiger charge is 2.14. The van der Waals surface area contributed by atoms with Crippen LogP contribution in [-0.4, -0.2) is 16.1 Å². The van der Waals surface area contributed by atoms with E-state index >= 15 is 0 Å². The van der Waals surface area contributed by atoms with E-state index in [0.29, 0.717) is 26.9 Å². The molecule has 0 aromatic heterocycles. The molecule has 2 aromatic rings. The molecule has 0 spiro atoms. The van der Waals surface area contributed by atoms with Crippen molar-refractivity contribution in [3.8, 4) is 0 Å². The van der Waals surface area contributed by atoms with Gasteiger partial charge in [0.05, 0.1) is 19.1 Å². The molecule has 3 N–H and O–H groups in total. The standard InChI is InChI=1S/C16H15Cl2NO3/c17-12-5-11(6-13(18)7-12)15(21)8-16(22)19-14-3-1-2-10(4-14)9-20/h1-7,15,20-21H,8-9H2,(H,19,22). The normalized spacial score (nSPS) is 12.0. The van der Waals surface area contributed by atoms with Gasteiger partial charge in [-0.05, 0) is 41.5 Å². The predicted octanol–water partition coefficient (Wildman–Crippen LogP) is 3.55. The monoisotopic (exact) mass is 339 g/mol. The van der Waals surface area contributed by atoms with E-state index < -0.39 is 6.10 Å². The Hall–Kier alpha value is -1.59. The summed E-state index contributed by atoms with van der Waals surface area (Å²) in [4.78, 5) is 12.0. The quantitative estimate of drug-likeness (QED) is 0.780. The fourth-order valence-corrected chi connectivity index (χ4v) is 2.56. The molecule has 1 amide bonds. The van der Waals surface area contributed by atoms with Crippen LogP contribution in [0.2, 0.25) is 10.0 Å². The Kier molecular flexibility index (Phi) is 5.80. The van der Waals surface area contributed by atoms with Crippen LogP contribution in [-0.2, 0) is 11.4 Å². The second-order valence-corrected chi connectivity index (χ2v) is 5.70. The van der Waals surface area contributed by atoms with Crippen LogP contribution in [0.3, 0.4) is 0 Å². The summed E-state index contributed by atoms with van der Waals surface area (Å²) in [5.41, 5.74) is 1.74. The van der Waals surface area contributed by atoms with Crippen molar-refractivity contribution in [3.63, 3.8) is 0 Å². The van der Waals surface area contributed by atoms with Crippen molar-refractivity contribution in [2.75, 3.05) is 5.32 Å². The highest BCUT2D eigenvalue weighted by Crippen LogP contribution is 2.25. The van der Waals surface area contributed by atoms with Crippen LogP contribution in [0.1, 0.15) is 23.7 Å². The SMILES string of the molecule is O=C(CC(O)c1cc(Cl)cc(Cl)c1)Nc1cccc(CO)c1. The molecule has 0 aliphatic rings. The van der Waals surface area contributed by atoms with E-state index in [-0.39, 0.29) is 18.9 Å². The number of halogens is 2. The maximum Gasteiger partial charge on any atom is 0.227 e. The van der Waals surface area contributed by atoms with Gasteiger partial charge in [0.15, 0.2) is 0 Å². The van der Waals surface area contributed by atoms with Crippen LogP contribution < -0.4 is 5.32 Å². The topological polar surface area (TPSA) is 69.6 Å². The Labute approximate surface area is 138 Å². The summed E-state index contributed by atoms with van der Waals surface area (Å²) in [6.45, 7) is -0.104. The zero-order valence-corrected chi connectivity index (χ0v) is 13.1. The Morgan fingerprint density at radius 1 is 1.14 bits per heavy atom. The van der Waals surface area contributed by atoms with Gasteiger partial charge in [0.25, 0.3) is 0 Å². The molecule has 0 aliphatic carbocycles. The minimum Gasteiger partial charge on any atom is -0.392 e. The Bertz CT molecular complexity index is 656. The summed E-state index contributed by atoms with van der Waals surface area (Å²) in [7, 11) is 0. The third kappa shape index (κ3) is 4.71. The number of benzene rings is 2. The van der Waals surface area contributed by atoms with Gasteiger partial charge >= 0.3 is 0 Å². The first-order valence-corrected chi connectivity index (χ1v) is 7.37. The Balaban J connectivity index is 2.01. The second kappa shape index (κ2) is 7.61. The molecule has 1 unspecified atom stereocenters. The van der Waals surface area contributed by atoms with Gasteiger partial charge in [-0.3, -0.25) is 4.79 Å². The van der Waals surface area contributed by atoms with Gasteiger partial charge in [0.2, 0.25) is 5.91 Å². The number of amides is 1. The zero-order valence-electron chi connectivity index (χ0n) is 11.6. The largest absolute Gasteiger partial charge is 0.392 e. The maximum absolute atomic E-state index is 12.0. The maximum atomic E-state index is 12.0. The van der Waals surface area contributed by atoms with Gasteiger partial charge in [-0.25, -0.2) is 0 Å². The molecule has 2 rings (SSSR count). The van der Waals surface area contributed by atoms with Crippen molar-refractivity contribution >= 4 is 34.8 Å².